The first-order valence-corrected chi connectivity index (χ1v) is 4.80. The zero-order valence-electron chi connectivity index (χ0n) is 8.32. The Kier molecular flexibility index (Phi) is 1.65. The summed E-state index contributed by atoms with van der Waals surface area (Å²) >= 11 is 0. The van der Waals surface area contributed by atoms with Gasteiger partial charge in [0.25, 0.3) is 6.02 Å². The highest BCUT2D eigenvalue weighted by molar-refractivity contribution is 6.11. The molecule has 0 radical (unpaired) electrons. The van der Waals surface area contributed by atoms with Crippen molar-refractivity contribution in [2.24, 2.45) is 4.99 Å². The fourth-order valence-corrected chi connectivity index (χ4v) is 1.87. The average molecular weight is 198 g/mol. The highest BCUT2D eigenvalue weighted by Crippen LogP contribution is 2.35. The van der Waals surface area contributed by atoms with Crippen molar-refractivity contribution >= 4 is 28.2 Å². The molecule has 0 atom stereocenters. The van der Waals surface area contributed by atoms with Crippen molar-refractivity contribution in [3.63, 3.8) is 0 Å². The Morgan fingerprint density at radius 3 is 2.73 bits per heavy atom. The number of aliphatic imine (C=N–C) groups is 1. The Labute approximate surface area is 87.4 Å². The Balaban J connectivity index is 2.38. The molecule has 2 aromatic rings. The second-order valence-corrected chi connectivity index (χ2v) is 3.43. The van der Waals surface area contributed by atoms with Crippen LogP contribution in [0.4, 0.5) is 11.4 Å². The SMILES string of the molecule is COC1=Nc2cccc3cccc(c23)N1. The molecule has 3 rings (SSSR count). The topological polar surface area (TPSA) is 33.6 Å². The summed E-state index contributed by atoms with van der Waals surface area (Å²) in [5, 5.41) is 5.48. The van der Waals surface area contributed by atoms with Gasteiger partial charge in [-0.15, -0.1) is 0 Å². The van der Waals surface area contributed by atoms with Crippen LogP contribution in [0.25, 0.3) is 10.8 Å². The number of methoxy groups -OCH3 is 1. The van der Waals surface area contributed by atoms with Crippen LogP contribution in [0.3, 0.4) is 0 Å². The van der Waals surface area contributed by atoms with Gasteiger partial charge in [-0.2, -0.15) is 4.99 Å². The van der Waals surface area contributed by atoms with Crippen molar-refractivity contribution < 1.29 is 4.74 Å². The number of nitrogens with one attached hydrogen (secondary N) is 1. The molecule has 1 aliphatic rings. The summed E-state index contributed by atoms with van der Waals surface area (Å²) in [6, 6.07) is 12.7. The zero-order chi connectivity index (χ0) is 10.3. The van der Waals surface area contributed by atoms with Gasteiger partial charge in [0.2, 0.25) is 0 Å². The van der Waals surface area contributed by atoms with Gasteiger partial charge in [0.1, 0.15) is 0 Å². The maximum atomic E-state index is 5.12. The third-order valence-corrected chi connectivity index (χ3v) is 2.54. The first-order chi connectivity index (χ1) is 7.38. The standard InChI is InChI=1S/C12H10N2O/c1-15-12-13-9-6-2-4-8-5-3-7-10(14-12)11(8)9/h2-7H,1H3,(H,13,14). The normalized spacial score (nSPS) is 13.3. The molecule has 0 amide bonds. The monoisotopic (exact) mass is 198 g/mol. The molecule has 0 fully saturated rings. The number of ether oxygens (including phenoxy) is 1. The van der Waals surface area contributed by atoms with E-state index in [4.69, 9.17) is 4.74 Å². The van der Waals surface area contributed by atoms with Gasteiger partial charge in [0.15, 0.2) is 0 Å². The predicted octanol–water partition coefficient (Wildman–Crippen LogP) is 2.90. The van der Waals surface area contributed by atoms with Gasteiger partial charge in [-0.3, -0.25) is 0 Å². The van der Waals surface area contributed by atoms with Gasteiger partial charge < -0.3 is 10.1 Å². The second kappa shape index (κ2) is 2.98. The van der Waals surface area contributed by atoms with E-state index in [0.717, 1.165) is 16.8 Å². The van der Waals surface area contributed by atoms with Gasteiger partial charge in [0.05, 0.1) is 18.5 Å². The van der Waals surface area contributed by atoms with Crippen LogP contribution in [0.1, 0.15) is 0 Å². The van der Waals surface area contributed by atoms with Crippen molar-refractivity contribution in [3.8, 4) is 0 Å². The van der Waals surface area contributed by atoms with Crippen LogP contribution in [0.5, 0.6) is 0 Å². The first kappa shape index (κ1) is 8.29. The third kappa shape index (κ3) is 1.16. The van der Waals surface area contributed by atoms with Crippen LogP contribution in [0, 0.1) is 0 Å². The minimum absolute atomic E-state index is 0.543. The molecule has 74 valence electrons. The average Bonchev–Trinajstić information content (AvgIpc) is 2.29. The van der Waals surface area contributed by atoms with Crippen LogP contribution in [0.2, 0.25) is 0 Å². The molecule has 15 heavy (non-hydrogen) atoms. The maximum absolute atomic E-state index is 5.12. The van der Waals surface area contributed by atoms with E-state index >= 15 is 0 Å². The van der Waals surface area contributed by atoms with Crippen molar-refractivity contribution in [2.75, 3.05) is 12.4 Å². The van der Waals surface area contributed by atoms with E-state index in [1.165, 1.54) is 5.39 Å². The number of rotatable bonds is 0. The highest BCUT2D eigenvalue weighted by atomic mass is 16.5. The Morgan fingerprint density at radius 2 is 1.93 bits per heavy atom. The van der Waals surface area contributed by atoms with Crippen molar-refractivity contribution in [1.29, 1.82) is 0 Å². The van der Waals surface area contributed by atoms with E-state index in [-0.39, 0.29) is 0 Å². The molecular formula is C12H10N2O. The van der Waals surface area contributed by atoms with Crippen molar-refractivity contribution in [2.45, 2.75) is 0 Å². The number of amidine groups is 1. The molecule has 0 bridgehead atoms. The minimum atomic E-state index is 0.543. The Hall–Kier alpha value is -2.03. The number of hydrogen-bond donors (Lipinski definition) is 1. The van der Waals surface area contributed by atoms with Crippen molar-refractivity contribution in [3.05, 3.63) is 36.4 Å². The maximum Gasteiger partial charge on any atom is 0.294 e. The Morgan fingerprint density at radius 1 is 1.13 bits per heavy atom. The van der Waals surface area contributed by atoms with E-state index in [1.54, 1.807) is 7.11 Å². The molecule has 0 spiro atoms. The molecule has 3 heteroatoms. The zero-order valence-corrected chi connectivity index (χ0v) is 8.32. The Bertz CT molecular complexity index is 555. The molecule has 0 saturated carbocycles. The predicted molar refractivity (Wildman–Crippen MR) is 61.7 cm³/mol. The number of hydrogen-bond acceptors (Lipinski definition) is 3. The third-order valence-electron chi connectivity index (χ3n) is 2.54. The van der Waals surface area contributed by atoms with Crippen molar-refractivity contribution in [1.82, 2.24) is 0 Å². The molecule has 0 saturated heterocycles. The molecular weight excluding hydrogens is 188 g/mol. The minimum Gasteiger partial charge on any atom is -0.468 e. The molecule has 0 aromatic heterocycles. The van der Waals surface area contributed by atoms with Crippen LogP contribution >= 0.6 is 0 Å². The fraction of sp³-hybridized carbons (Fsp3) is 0.0833. The summed E-state index contributed by atoms with van der Waals surface area (Å²) in [5.74, 6) is 0. The lowest BCUT2D eigenvalue weighted by molar-refractivity contribution is 0.402. The van der Waals surface area contributed by atoms with E-state index < -0.39 is 0 Å². The summed E-state index contributed by atoms with van der Waals surface area (Å²) in [6.45, 7) is 0. The number of anilines is 1. The molecule has 1 heterocycles. The summed E-state index contributed by atoms with van der Waals surface area (Å²) in [5.41, 5.74) is 2.01. The number of benzene rings is 2. The van der Waals surface area contributed by atoms with Gasteiger partial charge in [-0.05, 0) is 17.5 Å². The molecule has 0 aliphatic carbocycles. The highest BCUT2D eigenvalue weighted by Gasteiger charge is 2.13. The molecule has 3 nitrogen and oxygen atoms in total. The van der Waals surface area contributed by atoms with Gasteiger partial charge in [-0.25, -0.2) is 0 Å². The summed E-state index contributed by atoms with van der Waals surface area (Å²) in [7, 11) is 1.61. The summed E-state index contributed by atoms with van der Waals surface area (Å²) < 4.78 is 5.12. The lowest BCUT2D eigenvalue weighted by Crippen LogP contribution is -2.16. The lowest BCUT2D eigenvalue weighted by atomic mass is 10.1. The van der Waals surface area contributed by atoms with E-state index in [2.05, 4.69) is 22.4 Å². The van der Waals surface area contributed by atoms with E-state index in [1.807, 2.05) is 24.3 Å². The van der Waals surface area contributed by atoms with E-state index in [0.29, 0.717) is 6.02 Å². The fourth-order valence-electron chi connectivity index (χ4n) is 1.87. The molecule has 1 aliphatic heterocycles. The summed E-state index contributed by atoms with van der Waals surface area (Å²) in [6.07, 6.45) is 0. The largest absolute Gasteiger partial charge is 0.468 e. The quantitative estimate of drug-likeness (QED) is 0.706. The van der Waals surface area contributed by atoms with Crippen LogP contribution in [0.15, 0.2) is 41.4 Å². The van der Waals surface area contributed by atoms with Crippen LogP contribution in [-0.2, 0) is 4.74 Å². The lowest BCUT2D eigenvalue weighted by Gasteiger charge is -2.17. The molecule has 1 N–H and O–H groups in total. The molecule has 2 aromatic carbocycles. The smallest absolute Gasteiger partial charge is 0.294 e. The van der Waals surface area contributed by atoms with Gasteiger partial charge >= 0.3 is 0 Å². The van der Waals surface area contributed by atoms with Gasteiger partial charge in [0, 0.05) is 5.39 Å². The second-order valence-electron chi connectivity index (χ2n) is 3.43. The molecule has 0 unspecified atom stereocenters. The number of nitrogens with zero attached hydrogens (tertiary/aromatic N) is 1. The van der Waals surface area contributed by atoms with Crippen LogP contribution < -0.4 is 5.32 Å². The first-order valence-electron chi connectivity index (χ1n) is 4.80. The summed E-state index contributed by atoms with van der Waals surface area (Å²) in [4.78, 5) is 4.37. The van der Waals surface area contributed by atoms with Crippen LogP contribution in [-0.4, -0.2) is 13.1 Å². The van der Waals surface area contributed by atoms with E-state index in [9.17, 15) is 0 Å². The van der Waals surface area contributed by atoms with Gasteiger partial charge in [-0.1, -0.05) is 24.3 Å².